The summed E-state index contributed by atoms with van der Waals surface area (Å²) in [6, 6.07) is 0. The first-order valence-corrected chi connectivity index (χ1v) is 9.10. The smallest absolute Gasteiger partial charge is 0.295 e. The zero-order valence-electron chi connectivity index (χ0n) is 13.8. The van der Waals surface area contributed by atoms with Crippen molar-refractivity contribution in [3.8, 4) is 0 Å². The number of aromatic nitrogens is 2. The molecule has 0 unspecified atom stereocenters. The highest BCUT2D eigenvalue weighted by Crippen LogP contribution is 2.63. The van der Waals surface area contributed by atoms with E-state index in [1.54, 1.807) is 0 Å². The Morgan fingerprint density at radius 1 is 0.864 bits per heavy atom. The summed E-state index contributed by atoms with van der Waals surface area (Å²) in [5.41, 5.74) is 2.65. The summed E-state index contributed by atoms with van der Waals surface area (Å²) in [4.78, 5) is 15.2. The van der Waals surface area contributed by atoms with Gasteiger partial charge in [-0.3, -0.25) is 9.13 Å². The molecule has 22 heavy (non-hydrogen) atoms. The van der Waals surface area contributed by atoms with Gasteiger partial charge in [-0.25, -0.2) is 4.79 Å². The third-order valence-corrected chi connectivity index (χ3v) is 8.42. The molecule has 5 heteroatoms. The van der Waals surface area contributed by atoms with Crippen molar-refractivity contribution in [3.05, 3.63) is 43.1 Å². The molecule has 3 heterocycles. The second-order valence-electron chi connectivity index (χ2n) is 6.71. The van der Waals surface area contributed by atoms with Gasteiger partial charge >= 0.3 is 5.69 Å². The van der Waals surface area contributed by atoms with Crippen LogP contribution in [0.2, 0.25) is 0 Å². The summed E-state index contributed by atoms with van der Waals surface area (Å²) >= 11 is 3.88. The topological polar surface area (TPSA) is 26.9 Å². The Labute approximate surface area is 138 Å². The average Bonchev–Trinajstić information content (AvgIpc) is 2.98. The third-order valence-electron chi connectivity index (χ3n) is 5.34. The number of hydrogen-bond acceptors (Lipinski definition) is 3. The van der Waals surface area contributed by atoms with Crippen molar-refractivity contribution in [2.75, 3.05) is 0 Å². The highest BCUT2D eigenvalue weighted by molar-refractivity contribution is 8.09. The minimum absolute atomic E-state index is 0.0378. The first kappa shape index (κ1) is 14.5. The summed E-state index contributed by atoms with van der Waals surface area (Å²) in [5.74, 6) is 0. The molecule has 0 aromatic carbocycles. The maximum atomic E-state index is 12.5. The Bertz CT molecular complexity index is 899. The second-order valence-corrected chi connectivity index (χ2v) is 10.0. The van der Waals surface area contributed by atoms with Gasteiger partial charge in [0.2, 0.25) is 0 Å². The quantitative estimate of drug-likeness (QED) is 0.726. The molecule has 0 saturated carbocycles. The highest BCUT2D eigenvalue weighted by Gasteiger charge is 2.57. The lowest BCUT2D eigenvalue weighted by atomic mass is 9.78. The number of hydrogen-bond donors (Lipinski definition) is 0. The SMILES string of the molecule is CC1=CC2=c3c(n(C)c(=O)n3C)=C3C=C(C)S[C@]3(C)[C@@]2(C)S1. The number of allylic oxidation sites excluding steroid dienone is 4. The van der Waals surface area contributed by atoms with Gasteiger partial charge in [0, 0.05) is 14.1 Å². The number of imidazole rings is 1. The number of rotatable bonds is 0. The standard InChI is InChI=1S/C17H20N2OS2/c1-9-7-11-13-14(19(6)15(20)18(13)5)12-8-10(2)22-17(12,4)16(11,3)21-9/h7-8H,1-6H3/t16-,17-/m0/s1. The molecule has 0 N–H and O–H groups in total. The van der Waals surface area contributed by atoms with Crippen molar-refractivity contribution in [1.82, 2.24) is 9.13 Å². The molecule has 0 saturated heterocycles. The van der Waals surface area contributed by atoms with Crippen LogP contribution in [-0.4, -0.2) is 18.6 Å². The molecule has 1 aliphatic carbocycles. The summed E-state index contributed by atoms with van der Waals surface area (Å²) in [5, 5.41) is 2.19. The molecule has 0 spiro atoms. The zero-order chi connectivity index (χ0) is 16.0. The van der Waals surface area contributed by atoms with Crippen LogP contribution in [-0.2, 0) is 14.1 Å². The molecular weight excluding hydrogens is 312 g/mol. The van der Waals surface area contributed by atoms with Gasteiger partial charge in [-0.05, 0) is 60.8 Å². The highest BCUT2D eigenvalue weighted by atomic mass is 32.2. The molecule has 3 aliphatic rings. The van der Waals surface area contributed by atoms with Crippen LogP contribution in [0.4, 0.5) is 0 Å². The number of thioether (sulfide) groups is 2. The van der Waals surface area contributed by atoms with Crippen molar-refractivity contribution in [3.63, 3.8) is 0 Å². The van der Waals surface area contributed by atoms with Crippen LogP contribution in [0, 0.1) is 0 Å². The van der Waals surface area contributed by atoms with E-state index in [9.17, 15) is 4.79 Å². The van der Waals surface area contributed by atoms with Crippen LogP contribution in [0.3, 0.4) is 0 Å². The minimum atomic E-state index is -0.0378. The van der Waals surface area contributed by atoms with E-state index in [2.05, 4.69) is 39.8 Å². The third kappa shape index (κ3) is 1.40. The Morgan fingerprint density at radius 3 is 1.59 bits per heavy atom. The number of fused-ring (bicyclic) bond motifs is 4. The monoisotopic (exact) mass is 332 g/mol. The van der Waals surface area contributed by atoms with E-state index in [0.29, 0.717) is 0 Å². The van der Waals surface area contributed by atoms with Gasteiger partial charge in [0.15, 0.2) is 0 Å². The second kappa shape index (κ2) is 4.06. The lowest BCUT2D eigenvalue weighted by Gasteiger charge is -2.44. The van der Waals surface area contributed by atoms with Crippen molar-refractivity contribution in [2.24, 2.45) is 14.1 Å². The van der Waals surface area contributed by atoms with Gasteiger partial charge in [-0.2, -0.15) is 0 Å². The van der Waals surface area contributed by atoms with E-state index in [0.717, 1.165) is 10.7 Å². The predicted octanol–water partition coefficient (Wildman–Crippen LogP) is 1.86. The molecule has 116 valence electrons. The van der Waals surface area contributed by atoms with E-state index in [-0.39, 0.29) is 15.2 Å². The van der Waals surface area contributed by atoms with Crippen molar-refractivity contribution in [1.29, 1.82) is 0 Å². The molecule has 2 aliphatic heterocycles. The van der Waals surface area contributed by atoms with Crippen LogP contribution >= 0.6 is 23.5 Å². The number of nitrogens with zero attached hydrogens (tertiary/aromatic N) is 2. The predicted molar refractivity (Wildman–Crippen MR) is 96.2 cm³/mol. The Kier molecular flexibility index (Phi) is 2.68. The van der Waals surface area contributed by atoms with Gasteiger partial charge in [-0.1, -0.05) is 0 Å². The van der Waals surface area contributed by atoms with Crippen LogP contribution in [0.5, 0.6) is 0 Å². The van der Waals surface area contributed by atoms with Gasteiger partial charge in [-0.15, -0.1) is 23.5 Å². The van der Waals surface area contributed by atoms with E-state index < -0.39 is 0 Å². The lowest BCUT2D eigenvalue weighted by Crippen LogP contribution is -2.55. The van der Waals surface area contributed by atoms with Gasteiger partial charge in [0.1, 0.15) is 0 Å². The van der Waals surface area contributed by atoms with Crippen LogP contribution in [0.1, 0.15) is 27.7 Å². The molecule has 0 amide bonds. The molecule has 1 aromatic heterocycles. The van der Waals surface area contributed by atoms with Crippen molar-refractivity contribution in [2.45, 2.75) is 37.2 Å². The molecule has 2 atom stereocenters. The molecule has 4 rings (SSSR count). The summed E-state index contributed by atoms with van der Waals surface area (Å²) in [6.07, 6.45) is 4.55. The first-order chi connectivity index (χ1) is 10.2. The van der Waals surface area contributed by atoms with E-state index in [1.807, 2.05) is 46.8 Å². The van der Waals surface area contributed by atoms with Gasteiger partial charge in [0.05, 0.1) is 20.2 Å². The zero-order valence-corrected chi connectivity index (χ0v) is 15.4. The van der Waals surface area contributed by atoms with Crippen LogP contribution < -0.4 is 16.4 Å². The maximum Gasteiger partial charge on any atom is 0.328 e. The fourth-order valence-electron chi connectivity index (χ4n) is 4.14. The minimum Gasteiger partial charge on any atom is -0.295 e. The van der Waals surface area contributed by atoms with Gasteiger partial charge < -0.3 is 0 Å². The first-order valence-electron chi connectivity index (χ1n) is 7.46. The molecule has 1 aromatic rings. The van der Waals surface area contributed by atoms with E-state index >= 15 is 0 Å². The van der Waals surface area contributed by atoms with Crippen molar-refractivity contribution < 1.29 is 0 Å². The fraction of sp³-hybridized carbons (Fsp3) is 0.471. The largest absolute Gasteiger partial charge is 0.328 e. The summed E-state index contributed by atoms with van der Waals surface area (Å²) in [6.45, 7) is 9.01. The van der Waals surface area contributed by atoms with Crippen LogP contribution in [0.25, 0.3) is 11.1 Å². The normalized spacial score (nSPS) is 32.6. The van der Waals surface area contributed by atoms with E-state index in [4.69, 9.17) is 0 Å². The summed E-state index contributed by atoms with van der Waals surface area (Å²) < 4.78 is 3.56. The Hall–Kier alpha value is -1.07. The van der Waals surface area contributed by atoms with Crippen LogP contribution in [0.15, 0.2) is 26.8 Å². The van der Waals surface area contributed by atoms with E-state index in [1.165, 1.54) is 21.0 Å². The maximum absolute atomic E-state index is 12.5. The Balaban J connectivity index is 2.36. The van der Waals surface area contributed by atoms with Gasteiger partial charge in [0.25, 0.3) is 0 Å². The average molecular weight is 332 g/mol. The molecule has 0 radical (unpaired) electrons. The fourth-order valence-corrected chi connectivity index (χ4v) is 7.17. The molecule has 3 nitrogen and oxygen atoms in total. The molecular formula is C17H20N2OS2. The summed E-state index contributed by atoms with van der Waals surface area (Å²) in [7, 11) is 3.78. The Morgan fingerprint density at radius 2 is 1.23 bits per heavy atom. The lowest BCUT2D eigenvalue weighted by molar-refractivity contribution is 0.676. The molecule has 0 bridgehead atoms. The molecule has 0 fully saturated rings. The van der Waals surface area contributed by atoms with Crippen molar-refractivity contribution >= 4 is 34.7 Å².